The number of hydrogen-bond acceptors (Lipinski definition) is 8. The average Bonchev–Trinajstić information content (AvgIpc) is 2.86. The molecule has 9 heteroatoms. The van der Waals surface area contributed by atoms with E-state index >= 15 is 0 Å². The first-order valence-corrected chi connectivity index (χ1v) is 11.4. The van der Waals surface area contributed by atoms with Gasteiger partial charge >= 0.3 is 11.9 Å². The lowest BCUT2D eigenvalue weighted by Gasteiger charge is -2.31. The smallest absolute Gasteiger partial charge is 0.337 e. The number of benzene rings is 2. The number of thioether (sulfide) groups is 1. The highest BCUT2D eigenvalue weighted by atomic mass is 32.2. The summed E-state index contributed by atoms with van der Waals surface area (Å²) in [4.78, 5) is 37.1. The lowest BCUT2D eigenvalue weighted by molar-refractivity contribution is -0.150. The summed E-state index contributed by atoms with van der Waals surface area (Å²) in [5, 5.41) is 13.0. The van der Waals surface area contributed by atoms with Crippen molar-refractivity contribution in [3.05, 3.63) is 75.8 Å². The molecule has 0 fully saturated rings. The number of carbonyl (C=O) groups excluding carboxylic acids is 3. The Hall–Kier alpha value is -3.77. The number of carbonyl (C=O) groups is 3. The van der Waals surface area contributed by atoms with E-state index in [9.17, 15) is 19.6 Å². The second-order valence-electron chi connectivity index (χ2n) is 7.45. The molecular weight excluding hydrogens is 456 g/mol. The van der Waals surface area contributed by atoms with E-state index in [4.69, 9.17) is 14.2 Å². The van der Waals surface area contributed by atoms with Crippen LogP contribution in [0.1, 0.15) is 27.4 Å². The van der Waals surface area contributed by atoms with Crippen molar-refractivity contribution >= 4 is 29.6 Å². The van der Waals surface area contributed by atoms with Crippen molar-refractivity contribution in [1.29, 1.82) is 5.26 Å². The Morgan fingerprint density at radius 1 is 1.06 bits per heavy atom. The molecule has 8 nitrogen and oxygen atoms in total. The molecule has 0 unspecified atom stereocenters. The van der Waals surface area contributed by atoms with Crippen molar-refractivity contribution in [3.63, 3.8) is 0 Å². The van der Waals surface area contributed by atoms with Crippen LogP contribution in [0.25, 0.3) is 0 Å². The molecule has 0 radical (unpaired) electrons. The monoisotopic (exact) mass is 480 g/mol. The van der Waals surface area contributed by atoms with Crippen molar-refractivity contribution in [3.8, 4) is 11.8 Å². The van der Waals surface area contributed by atoms with Crippen LogP contribution < -0.4 is 10.1 Å². The van der Waals surface area contributed by atoms with E-state index in [0.717, 1.165) is 11.3 Å². The van der Waals surface area contributed by atoms with Gasteiger partial charge in [0.25, 0.3) is 0 Å². The van der Waals surface area contributed by atoms with Gasteiger partial charge in [-0.1, -0.05) is 29.8 Å². The van der Waals surface area contributed by atoms with Gasteiger partial charge in [-0.3, -0.25) is 9.59 Å². The third kappa shape index (κ3) is 5.58. The van der Waals surface area contributed by atoms with Gasteiger partial charge in [0, 0.05) is 11.7 Å². The lowest BCUT2D eigenvalue weighted by Crippen LogP contribution is -2.44. The fourth-order valence-electron chi connectivity index (χ4n) is 3.56. The number of nitriles is 1. The summed E-state index contributed by atoms with van der Waals surface area (Å²) in [6.45, 7) is 2.34. The highest BCUT2D eigenvalue weighted by Crippen LogP contribution is 2.40. The van der Waals surface area contributed by atoms with E-state index in [2.05, 4.69) is 11.4 Å². The number of rotatable bonds is 8. The van der Waals surface area contributed by atoms with Gasteiger partial charge in [-0.05, 0) is 36.8 Å². The quantitative estimate of drug-likeness (QED) is 0.348. The maximum Gasteiger partial charge on any atom is 0.337 e. The molecule has 0 bridgehead atoms. The highest BCUT2D eigenvalue weighted by Gasteiger charge is 2.44. The minimum atomic E-state index is -1.24. The van der Waals surface area contributed by atoms with Gasteiger partial charge in [-0.2, -0.15) is 5.26 Å². The summed E-state index contributed by atoms with van der Waals surface area (Å²) < 4.78 is 15.3. The van der Waals surface area contributed by atoms with Crippen LogP contribution in [-0.2, 0) is 19.1 Å². The first-order chi connectivity index (χ1) is 16.4. The Morgan fingerprint density at radius 2 is 1.74 bits per heavy atom. The molecule has 1 heterocycles. The van der Waals surface area contributed by atoms with Crippen LogP contribution in [0.2, 0.25) is 0 Å². The Labute approximate surface area is 201 Å². The predicted octanol–water partition coefficient (Wildman–Crippen LogP) is 3.33. The Bertz CT molecular complexity index is 1140. The summed E-state index contributed by atoms with van der Waals surface area (Å²) in [6, 6.07) is 16.0. The number of ether oxygens (including phenoxy) is 3. The van der Waals surface area contributed by atoms with Crippen LogP contribution in [0, 0.1) is 24.2 Å². The maximum atomic E-state index is 12.9. The van der Waals surface area contributed by atoms with E-state index in [1.807, 2.05) is 31.2 Å². The Morgan fingerprint density at radius 3 is 2.32 bits per heavy atom. The highest BCUT2D eigenvalue weighted by molar-refractivity contribution is 8.03. The van der Waals surface area contributed by atoms with E-state index in [1.165, 1.54) is 38.1 Å². The van der Waals surface area contributed by atoms with Crippen LogP contribution in [0.5, 0.6) is 5.75 Å². The van der Waals surface area contributed by atoms with Crippen LogP contribution in [0.3, 0.4) is 0 Å². The molecular formula is C25H24N2O6S. The van der Waals surface area contributed by atoms with Crippen molar-refractivity contribution in [2.24, 2.45) is 5.92 Å². The molecule has 2 atom stereocenters. The normalized spacial score (nSPS) is 17.4. The molecule has 1 aliphatic heterocycles. The summed E-state index contributed by atoms with van der Waals surface area (Å²) in [5.41, 5.74) is 2.21. The minimum absolute atomic E-state index is 0.237. The second-order valence-corrected chi connectivity index (χ2v) is 8.55. The maximum absolute atomic E-state index is 12.9. The van der Waals surface area contributed by atoms with Crippen molar-refractivity contribution in [1.82, 2.24) is 5.32 Å². The Balaban J connectivity index is 1.85. The van der Waals surface area contributed by atoms with E-state index < -0.39 is 29.7 Å². The molecule has 0 spiro atoms. The molecule has 0 aliphatic carbocycles. The topological polar surface area (TPSA) is 115 Å². The SMILES string of the molecule is COC(=O)c1ccc([C@H]2C(C#N)=C(SCCOc3ccc(C)cc3)NC(=O)[C@H]2C(=O)OC)cc1. The number of esters is 2. The van der Waals surface area contributed by atoms with Gasteiger partial charge in [-0.15, -0.1) is 11.8 Å². The molecule has 1 aliphatic rings. The fourth-order valence-corrected chi connectivity index (χ4v) is 4.43. The van der Waals surface area contributed by atoms with Crippen LogP contribution in [0.15, 0.2) is 59.1 Å². The van der Waals surface area contributed by atoms with Crippen LogP contribution in [-0.4, -0.2) is 44.4 Å². The van der Waals surface area contributed by atoms with Gasteiger partial charge in [0.2, 0.25) is 5.91 Å². The zero-order chi connectivity index (χ0) is 24.7. The first kappa shape index (κ1) is 24.9. The number of nitrogens with zero attached hydrogens (tertiary/aromatic N) is 1. The fraction of sp³-hybridized carbons (Fsp3) is 0.280. The zero-order valence-electron chi connectivity index (χ0n) is 19.0. The minimum Gasteiger partial charge on any atom is -0.493 e. The molecule has 2 aromatic carbocycles. The summed E-state index contributed by atoms with van der Waals surface area (Å²) in [6.07, 6.45) is 0. The van der Waals surface area contributed by atoms with Gasteiger partial charge < -0.3 is 19.5 Å². The third-order valence-electron chi connectivity index (χ3n) is 5.29. The average molecular weight is 481 g/mol. The van der Waals surface area contributed by atoms with Crippen molar-refractivity contribution < 1.29 is 28.6 Å². The van der Waals surface area contributed by atoms with Crippen molar-refractivity contribution in [2.75, 3.05) is 26.6 Å². The molecule has 0 saturated heterocycles. The van der Waals surface area contributed by atoms with E-state index in [-0.39, 0.29) is 5.57 Å². The standard InChI is InChI=1S/C25H24N2O6S/c1-15-4-10-18(11-5-15)33-12-13-34-23-19(14-26)20(21(22(28)27-23)25(30)32-3)16-6-8-17(9-7-16)24(29)31-2/h4-11,20-21H,12-13H2,1-3H3,(H,27,28)/t20-,21-/m0/s1. The number of amides is 1. The van der Waals surface area contributed by atoms with Gasteiger partial charge in [0.05, 0.1) is 43.1 Å². The lowest BCUT2D eigenvalue weighted by atomic mass is 9.78. The second kappa shape index (κ2) is 11.4. The van der Waals surface area contributed by atoms with Crippen LogP contribution in [0.4, 0.5) is 0 Å². The predicted molar refractivity (Wildman–Crippen MR) is 126 cm³/mol. The largest absolute Gasteiger partial charge is 0.493 e. The summed E-state index contributed by atoms with van der Waals surface area (Å²) in [5.74, 6) is -2.74. The van der Waals surface area contributed by atoms with E-state index in [0.29, 0.717) is 28.5 Å². The molecule has 3 rings (SSSR count). The zero-order valence-corrected chi connectivity index (χ0v) is 19.8. The number of aryl methyl sites for hydroxylation is 1. The molecule has 34 heavy (non-hydrogen) atoms. The molecule has 1 amide bonds. The summed E-state index contributed by atoms with van der Waals surface area (Å²) >= 11 is 1.26. The van der Waals surface area contributed by atoms with Crippen LogP contribution >= 0.6 is 11.8 Å². The van der Waals surface area contributed by atoms with Gasteiger partial charge in [0.15, 0.2) is 0 Å². The molecule has 0 saturated carbocycles. The van der Waals surface area contributed by atoms with Gasteiger partial charge in [0.1, 0.15) is 11.7 Å². The summed E-state index contributed by atoms with van der Waals surface area (Å²) in [7, 11) is 2.47. The van der Waals surface area contributed by atoms with Crippen molar-refractivity contribution in [2.45, 2.75) is 12.8 Å². The third-order valence-corrected chi connectivity index (χ3v) is 6.28. The molecule has 2 aromatic rings. The number of nitrogens with one attached hydrogen (secondary N) is 1. The molecule has 1 N–H and O–H groups in total. The number of allylic oxidation sites excluding steroid dienone is 1. The number of methoxy groups -OCH3 is 2. The number of hydrogen-bond donors (Lipinski definition) is 1. The van der Waals surface area contributed by atoms with Gasteiger partial charge in [-0.25, -0.2) is 4.79 Å². The van der Waals surface area contributed by atoms with E-state index in [1.54, 1.807) is 12.1 Å². The first-order valence-electron chi connectivity index (χ1n) is 10.4. The molecule has 176 valence electrons. The Kier molecular flexibility index (Phi) is 8.33. The molecule has 0 aromatic heterocycles.